The van der Waals surface area contributed by atoms with Crippen molar-refractivity contribution in [3.63, 3.8) is 0 Å². The topological polar surface area (TPSA) is 68.5 Å². The number of nitrogens with zero attached hydrogens (tertiary/aromatic N) is 5. The molecule has 0 saturated carbocycles. The molecule has 0 amide bonds. The molecule has 0 spiro atoms. The van der Waals surface area contributed by atoms with Crippen LogP contribution in [0.15, 0.2) is 30.9 Å². The van der Waals surface area contributed by atoms with E-state index in [9.17, 15) is 0 Å². The number of nitrogens with one attached hydrogen (secondary N) is 1. The smallest absolute Gasteiger partial charge is 0.141 e. The molecule has 0 fully saturated rings. The lowest BCUT2D eigenvalue weighted by Crippen LogP contribution is -2.18. The van der Waals surface area contributed by atoms with Gasteiger partial charge < -0.3 is 5.32 Å². The van der Waals surface area contributed by atoms with Gasteiger partial charge in [-0.1, -0.05) is 5.21 Å². The molecule has 1 N–H and O–H groups in total. The van der Waals surface area contributed by atoms with Crippen molar-refractivity contribution in [3.8, 4) is 0 Å². The van der Waals surface area contributed by atoms with Crippen LogP contribution in [-0.4, -0.2) is 31.5 Å². The van der Waals surface area contributed by atoms with Gasteiger partial charge in [0, 0.05) is 25.1 Å². The molecule has 0 aliphatic carbocycles. The predicted molar refractivity (Wildman–Crippen MR) is 58.4 cm³/mol. The molecule has 0 unspecified atom stereocenters. The van der Waals surface area contributed by atoms with Crippen molar-refractivity contribution in [2.24, 2.45) is 0 Å². The van der Waals surface area contributed by atoms with Gasteiger partial charge in [-0.2, -0.15) is 0 Å². The van der Waals surface area contributed by atoms with Crippen LogP contribution in [-0.2, 0) is 13.1 Å². The van der Waals surface area contributed by atoms with Gasteiger partial charge in [0.05, 0.1) is 12.7 Å². The molecule has 16 heavy (non-hydrogen) atoms. The fraction of sp³-hybridized carbons (Fsp3) is 0.400. The molecular formula is C10H14N6. The highest BCUT2D eigenvalue weighted by Gasteiger charge is 1.94. The standard InChI is InChI=1S/C10H14N6/c1-4-12-10(13-5-1)9-11-3-2-7-16-8-6-14-15-16/h1,4-6,8,11H,2-3,7,9H2. The summed E-state index contributed by atoms with van der Waals surface area (Å²) in [6.07, 6.45) is 8.06. The second-order valence-electron chi connectivity index (χ2n) is 3.36. The largest absolute Gasteiger partial charge is 0.310 e. The summed E-state index contributed by atoms with van der Waals surface area (Å²) < 4.78 is 1.82. The fourth-order valence-electron chi connectivity index (χ4n) is 1.34. The van der Waals surface area contributed by atoms with E-state index in [0.29, 0.717) is 6.54 Å². The van der Waals surface area contributed by atoms with Crippen LogP contribution in [0.25, 0.3) is 0 Å². The summed E-state index contributed by atoms with van der Waals surface area (Å²) in [7, 11) is 0. The van der Waals surface area contributed by atoms with Crippen LogP contribution in [0, 0.1) is 0 Å². The lowest BCUT2D eigenvalue weighted by molar-refractivity contribution is 0.526. The van der Waals surface area contributed by atoms with Crippen molar-refractivity contribution >= 4 is 0 Å². The molecule has 0 saturated heterocycles. The average Bonchev–Trinajstić information content (AvgIpc) is 2.83. The summed E-state index contributed by atoms with van der Waals surface area (Å²) in [4.78, 5) is 8.25. The van der Waals surface area contributed by atoms with Crippen molar-refractivity contribution in [3.05, 3.63) is 36.7 Å². The van der Waals surface area contributed by atoms with Crippen LogP contribution in [0.4, 0.5) is 0 Å². The zero-order valence-electron chi connectivity index (χ0n) is 8.95. The third kappa shape index (κ3) is 3.39. The normalized spacial score (nSPS) is 10.5. The first-order valence-electron chi connectivity index (χ1n) is 5.26. The number of aryl methyl sites for hydroxylation is 1. The molecule has 0 atom stereocenters. The van der Waals surface area contributed by atoms with Crippen molar-refractivity contribution in [2.45, 2.75) is 19.5 Å². The van der Waals surface area contributed by atoms with Crippen LogP contribution in [0.3, 0.4) is 0 Å². The summed E-state index contributed by atoms with van der Waals surface area (Å²) in [6, 6.07) is 1.81. The van der Waals surface area contributed by atoms with Gasteiger partial charge >= 0.3 is 0 Å². The Morgan fingerprint density at radius 1 is 1.19 bits per heavy atom. The zero-order chi connectivity index (χ0) is 11.1. The highest BCUT2D eigenvalue weighted by molar-refractivity contribution is 4.87. The molecule has 6 nitrogen and oxygen atoms in total. The van der Waals surface area contributed by atoms with Crippen molar-refractivity contribution in [1.29, 1.82) is 0 Å². The van der Waals surface area contributed by atoms with E-state index in [-0.39, 0.29) is 0 Å². The van der Waals surface area contributed by atoms with E-state index in [1.807, 2.05) is 16.9 Å². The molecule has 6 heteroatoms. The zero-order valence-corrected chi connectivity index (χ0v) is 8.95. The molecule has 0 radical (unpaired) electrons. The molecule has 2 heterocycles. The van der Waals surface area contributed by atoms with Crippen LogP contribution < -0.4 is 5.32 Å². The minimum Gasteiger partial charge on any atom is -0.310 e. The van der Waals surface area contributed by atoms with Gasteiger partial charge in [-0.25, -0.2) is 9.97 Å². The Kier molecular flexibility index (Phi) is 3.95. The predicted octanol–water partition coefficient (Wildman–Crippen LogP) is 0.248. The molecule has 0 bridgehead atoms. The van der Waals surface area contributed by atoms with E-state index in [1.165, 1.54) is 0 Å². The minimum atomic E-state index is 0.707. The fourth-order valence-corrected chi connectivity index (χ4v) is 1.34. The maximum absolute atomic E-state index is 4.13. The van der Waals surface area contributed by atoms with Gasteiger partial charge in [-0.05, 0) is 19.0 Å². The lowest BCUT2D eigenvalue weighted by Gasteiger charge is -2.03. The summed E-state index contributed by atoms with van der Waals surface area (Å²) in [6.45, 7) is 2.50. The maximum Gasteiger partial charge on any atom is 0.141 e. The number of hydrogen-bond donors (Lipinski definition) is 1. The van der Waals surface area contributed by atoms with Crippen molar-refractivity contribution < 1.29 is 0 Å². The maximum atomic E-state index is 4.13. The van der Waals surface area contributed by atoms with E-state index >= 15 is 0 Å². The molecule has 0 aliphatic heterocycles. The summed E-state index contributed by atoms with van der Waals surface area (Å²) in [5.74, 6) is 0.822. The Morgan fingerprint density at radius 3 is 2.81 bits per heavy atom. The van der Waals surface area contributed by atoms with Crippen LogP contribution in [0.5, 0.6) is 0 Å². The first-order chi connectivity index (χ1) is 7.95. The first kappa shape index (κ1) is 10.7. The summed E-state index contributed by atoms with van der Waals surface area (Å²) >= 11 is 0. The molecular weight excluding hydrogens is 204 g/mol. The van der Waals surface area contributed by atoms with Gasteiger partial charge in [0.1, 0.15) is 5.82 Å². The van der Waals surface area contributed by atoms with Gasteiger partial charge in [0.2, 0.25) is 0 Å². The molecule has 2 rings (SSSR count). The SMILES string of the molecule is c1cnc(CNCCCn2ccnn2)nc1. The second-order valence-corrected chi connectivity index (χ2v) is 3.36. The van der Waals surface area contributed by atoms with E-state index in [2.05, 4.69) is 25.6 Å². The van der Waals surface area contributed by atoms with Gasteiger partial charge in [-0.15, -0.1) is 5.10 Å². The Balaban J connectivity index is 1.59. The first-order valence-corrected chi connectivity index (χ1v) is 5.26. The van der Waals surface area contributed by atoms with E-state index in [0.717, 1.165) is 25.3 Å². The minimum absolute atomic E-state index is 0.707. The molecule has 2 aromatic rings. The Labute approximate surface area is 93.7 Å². The quantitative estimate of drug-likeness (QED) is 0.704. The Morgan fingerprint density at radius 2 is 2.06 bits per heavy atom. The highest BCUT2D eigenvalue weighted by Crippen LogP contribution is 1.88. The highest BCUT2D eigenvalue weighted by atomic mass is 15.4. The third-order valence-corrected chi connectivity index (χ3v) is 2.12. The van der Waals surface area contributed by atoms with Crippen LogP contribution in [0.2, 0.25) is 0 Å². The molecule has 0 aliphatic rings. The van der Waals surface area contributed by atoms with Gasteiger partial charge in [0.25, 0.3) is 0 Å². The molecule has 84 valence electrons. The van der Waals surface area contributed by atoms with Gasteiger partial charge in [0.15, 0.2) is 0 Å². The summed E-state index contributed by atoms with van der Waals surface area (Å²) in [5, 5.41) is 10.9. The monoisotopic (exact) mass is 218 g/mol. The Hall–Kier alpha value is -1.82. The number of aromatic nitrogens is 5. The second kappa shape index (κ2) is 5.92. The molecule has 0 aromatic carbocycles. The van der Waals surface area contributed by atoms with Crippen molar-refractivity contribution in [2.75, 3.05) is 6.54 Å². The van der Waals surface area contributed by atoms with Gasteiger partial charge in [-0.3, -0.25) is 4.68 Å². The summed E-state index contributed by atoms with van der Waals surface area (Å²) in [5.41, 5.74) is 0. The third-order valence-electron chi connectivity index (χ3n) is 2.12. The van der Waals surface area contributed by atoms with E-state index in [1.54, 1.807) is 18.6 Å². The average molecular weight is 218 g/mol. The molecule has 2 aromatic heterocycles. The van der Waals surface area contributed by atoms with Crippen LogP contribution >= 0.6 is 0 Å². The lowest BCUT2D eigenvalue weighted by atomic mass is 10.4. The van der Waals surface area contributed by atoms with Crippen LogP contribution in [0.1, 0.15) is 12.2 Å². The van der Waals surface area contributed by atoms with E-state index < -0.39 is 0 Å². The van der Waals surface area contributed by atoms with E-state index in [4.69, 9.17) is 0 Å². The Bertz CT molecular complexity index is 385. The number of hydrogen-bond acceptors (Lipinski definition) is 5. The number of rotatable bonds is 6. The van der Waals surface area contributed by atoms with Crippen molar-refractivity contribution in [1.82, 2.24) is 30.3 Å².